The van der Waals surface area contributed by atoms with Gasteiger partial charge in [-0.25, -0.2) is 0 Å². The molecule has 0 aromatic carbocycles. The second-order valence-corrected chi connectivity index (χ2v) is 5.04. The van der Waals surface area contributed by atoms with Crippen LogP contribution < -0.4 is 5.32 Å². The maximum atomic E-state index is 6.00. The zero-order chi connectivity index (χ0) is 11.5. The van der Waals surface area contributed by atoms with E-state index in [4.69, 9.17) is 4.74 Å². The number of morpholine rings is 1. The number of hydrogen-bond acceptors (Lipinski definition) is 3. The smallest absolute Gasteiger partial charge is 0.0893 e. The summed E-state index contributed by atoms with van der Waals surface area (Å²) in [5.74, 6) is 0. The minimum absolute atomic E-state index is 0.284. The zero-order valence-corrected chi connectivity index (χ0v) is 10.5. The molecule has 2 fully saturated rings. The van der Waals surface area contributed by atoms with E-state index in [1.54, 1.807) is 0 Å². The quantitative estimate of drug-likeness (QED) is 0.731. The normalized spacial score (nSPS) is 32.4. The highest BCUT2D eigenvalue weighted by Gasteiger charge is 2.35. The Morgan fingerprint density at radius 3 is 3.12 bits per heavy atom. The van der Waals surface area contributed by atoms with E-state index in [9.17, 15) is 0 Å². The zero-order valence-electron chi connectivity index (χ0n) is 10.5. The van der Waals surface area contributed by atoms with Gasteiger partial charge in [0.05, 0.1) is 18.8 Å². The van der Waals surface area contributed by atoms with Crippen LogP contribution in [0.3, 0.4) is 0 Å². The Labute approximate surface area is 98.8 Å². The maximum Gasteiger partial charge on any atom is 0.0893 e. The van der Waals surface area contributed by atoms with Crippen molar-refractivity contribution >= 4 is 0 Å². The average Bonchev–Trinajstić information content (AvgIpc) is 2.72. The lowest BCUT2D eigenvalue weighted by atomic mass is 10.0. The molecule has 0 aromatic rings. The fraction of sp³-hybridized carbons (Fsp3) is 0.846. The summed E-state index contributed by atoms with van der Waals surface area (Å²) in [7, 11) is 0. The van der Waals surface area contributed by atoms with Crippen LogP contribution in [0.4, 0.5) is 0 Å². The molecular weight excluding hydrogens is 200 g/mol. The predicted octanol–water partition coefficient (Wildman–Crippen LogP) is 1.40. The number of nitrogens with zero attached hydrogens (tertiary/aromatic N) is 1. The van der Waals surface area contributed by atoms with Gasteiger partial charge in [0.15, 0.2) is 0 Å². The van der Waals surface area contributed by atoms with E-state index >= 15 is 0 Å². The first-order valence-electron chi connectivity index (χ1n) is 6.46. The first kappa shape index (κ1) is 12.1. The molecule has 0 aliphatic carbocycles. The molecule has 1 N–H and O–H groups in total. The fourth-order valence-electron chi connectivity index (χ4n) is 2.89. The van der Waals surface area contributed by atoms with Crippen molar-refractivity contribution in [2.24, 2.45) is 0 Å². The van der Waals surface area contributed by atoms with Gasteiger partial charge in [0, 0.05) is 12.6 Å². The number of ether oxygens (including phenoxy) is 1. The molecule has 2 rings (SSSR count). The minimum atomic E-state index is 0.284. The predicted molar refractivity (Wildman–Crippen MR) is 66.6 cm³/mol. The Morgan fingerprint density at radius 1 is 1.62 bits per heavy atom. The van der Waals surface area contributed by atoms with E-state index in [2.05, 4.69) is 30.6 Å². The van der Waals surface area contributed by atoms with Crippen LogP contribution in [0.15, 0.2) is 12.2 Å². The monoisotopic (exact) mass is 224 g/mol. The van der Waals surface area contributed by atoms with Crippen molar-refractivity contribution in [2.75, 3.05) is 26.2 Å². The summed E-state index contributed by atoms with van der Waals surface area (Å²) in [5.41, 5.74) is 1.18. The van der Waals surface area contributed by atoms with E-state index in [1.165, 1.54) is 25.0 Å². The summed E-state index contributed by atoms with van der Waals surface area (Å²) in [6.07, 6.45) is 2.93. The van der Waals surface area contributed by atoms with E-state index in [1.807, 2.05) is 0 Å². The van der Waals surface area contributed by atoms with Crippen LogP contribution >= 0.6 is 0 Å². The van der Waals surface area contributed by atoms with Gasteiger partial charge < -0.3 is 10.1 Å². The van der Waals surface area contributed by atoms with Gasteiger partial charge in [-0.15, -0.1) is 0 Å². The number of rotatable bonds is 4. The lowest BCUT2D eigenvalue weighted by Crippen LogP contribution is -2.54. The molecule has 2 saturated heterocycles. The van der Waals surface area contributed by atoms with Crippen LogP contribution in [0.1, 0.15) is 26.7 Å². The van der Waals surface area contributed by atoms with Crippen molar-refractivity contribution < 1.29 is 4.74 Å². The highest BCUT2D eigenvalue weighted by molar-refractivity contribution is 5.07. The second kappa shape index (κ2) is 5.30. The molecule has 0 spiro atoms. The molecule has 92 valence electrons. The highest BCUT2D eigenvalue weighted by atomic mass is 16.5. The standard InChI is InChI=1S/C13H24N2O/c1-4-14-13(10(2)3)12-8-15-7-5-6-11(15)9-16-12/h11-14H,2,4-9H2,1,3H3. The van der Waals surface area contributed by atoms with Gasteiger partial charge in [-0.2, -0.15) is 0 Å². The molecule has 0 saturated carbocycles. The summed E-state index contributed by atoms with van der Waals surface area (Å²) in [6.45, 7) is 12.5. The maximum absolute atomic E-state index is 6.00. The van der Waals surface area contributed by atoms with Gasteiger partial charge >= 0.3 is 0 Å². The fourth-order valence-corrected chi connectivity index (χ4v) is 2.89. The van der Waals surface area contributed by atoms with Crippen LogP contribution in [0.25, 0.3) is 0 Å². The summed E-state index contributed by atoms with van der Waals surface area (Å²) >= 11 is 0. The first-order valence-corrected chi connectivity index (χ1v) is 6.46. The highest BCUT2D eigenvalue weighted by Crippen LogP contribution is 2.24. The van der Waals surface area contributed by atoms with Crippen LogP contribution in [0, 0.1) is 0 Å². The Kier molecular flexibility index (Phi) is 4.00. The van der Waals surface area contributed by atoms with Crippen LogP contribution in [0.5, 0.6) is 0 Å². The Morgan fingerprint density at radius 2 is 2.44 bits per heavy atom. The molecule has 3 heteroatoms. The molecule has 0 bridgehead atoms. The Hall–Kier alpha value is -0.380. The number of nitrogens with one attached hydrogen (secondary N) is 1. The van der Waals surface area contributed by atoms with Crippen molar-refractivity contribution in [1.29, 1.82) is 0 Å². The third-order valence-corrected chi connectivity index (χ3v) is 3.74. The largest absolute Gasteiger partial charge is 0.373 e. The van der Waals surface area contributed by atoms with Crippen molar-refractivity contribution in [2.45, 2.75) is 44.9 Å². The van der Waals surface area contributed by atoms with Gasteiger partial charge in [0.1, 0.15) is 0 Å². The van der Waals surface area contributed by atoms with Crippen molar-refractivity contribution in [3.8, 4) is 0 Å². The first-order chi connectivity index (χ1) is 7.72. The number of likely N-dealkylation sites (N-methyl/N-ethyl adjacent to an activating group) is 1. The van der Waals surface area contributed by atoms with E-state index < -0.39 is 0 Å². The molecule has 0 aromatic heterocycles. The van der Waals surface area contributed by atoms with Gasteiger partial charge in [-0.1, -0.05) is 19.1 Å². The van der Waals surface area contributed by atoms with Crippen molar-refractivity contribution in [3.05, 3.63) is 12.2 Å². The van der Waals surface area contributed by atoms with Crippen LogP contribution in [-0.2, 0) is 4.74 Å². The second-order valence-electron chi connectivity index (χ2n) is 5.04. The van der Waals surface area contributed by atoms with Crippen molar-refractivity contribution in [3.63, 3.8) is 0 Å². The average molecular weight is 224 g/mol. The molecule has 0 radical (unpaired) electrons. The number of fused-ring (bicyclic) bond motifs is 1. The van der Waals surface area contributed by atoms with Crippen LogP contribution in [-0.4, -0.2) is 49.3 Å². The molecule has 0 amide bonds. The summed E-state index contributed by atoms with van der Waals surface area (Å²) in [6, 6.07) is 0.996. The lowest BCUT2D eigenvalue weighted by Gasteiger charge is -2.39. The van der Waals surface area contributed by atoms with Crippen LogP contribution in [0.2, 0.25) is 0 Å². The molecule has 3 atom stereocenters. The van der Waals surface area contributed by atoms with Gasteiger partial charge in [-0.05, 0) is 32.9 Å². The van der Waals surface area contributed by atoms with Crippen molar-refractivity contribution in [1.82, 2.24) is 10.2 Å². The van der Waals surface area contributed by atoms with Gasteiger partial charge in [0.2, 0.25) is 0 Å². The van der Waals surface area contributed by atoms with Gasteiger partial charge in [-0.3, -0.25) is 4.90 Å². The van der Waals surface area contributed by atoms with Gasteiger partial charge in [0.25, 0.3) is 0 Å². The third-order valence-electron chi connectivity index (χ3n) is 3.74. The molecule has 3 unspecified atom stereocenters. The molecule has 16 heavy (non-hydrogen) atoms. The summed E-state index contributed by atoms with van der Waals surface area (Å²) in [4.78, 5) is 2.58. The van der Waals surface area contributed by atoms with E-state index in [0.717, 1.165) is 19.7 Å². The Bertz CT molecular complexity index is 254. The minimum Gasteiger partial charge on any atom is -0.373 e. The molecular formula is C13H24N2O. The number of hydrogen-bond donors (Lipinski definition) is 1. The molecule has 2 aliphatic rings. The lowest BCUT2D eigenvalue weighted by molar-refractivity contribution is -0.0588. The Balaban J connectivity index is 1.95. The van der Waals surface area contributed by atoms with E-state index in [0.29, 0.717) is 12.1 Å². The molecule has 3 nitrogen and oxygen atoms in total. The molecule has 2 aliphatic heterocycles. The SMILES string of the molecule is C=C(C)C(NCC)C1CN2CCCC2CO1. The topological polar surface area (TPSA) is 24.5 Å². The molecule has 2 heterocycles. The summed E-state index contributed by atoms with van der Waals surface area (Å²) in [5, 5.41) is 3.48. The third kappa shape index (κ3) is 2.47. The summed E-state index contributed by atoms with van der Waals surface area (Å²) < 4.78 is 6.00. The van der Waals surface area contributed by atoms with E-state index in [-0.39, 0.29) is 6.10 Å².